The van der Waals surface area contributed by atoms with E-state index in [2.05, 4.69) is 10.4 Å². The van der Waals surface area contributed by atoms with E-state index in [1.54, 1.807) is 4.68 Å². The molecule has 142 valence electrons. The van der Waals surface area contributed by atoms with Gasteiger partial charge in [0.1, 0.15) is 5.82 Å². The fraction of sp³-hybridized carbons (Fsp3) is 0.227. The Morgan fingerprint density at radius 2 is 1.86 bits per heavy atom. The largest absolute Gasteiger partial charge is 0.310 e. The minimum Gasteiger partial charge on any atom is -0.310 e. The van der Waals surface area contributed by atoms with Gasteiger partial charge < -0.3 is 5.32 Å². The maximum atomic E-state index is 13.2. The Labute approximate surface area is 168 Å². The molecule has 2 aromatic carbocycles. The van der Waals surface area contributed by atoms with Crippen molar-refractivity contribution in [3.8, 4) is 5.69 Å². The van der Waals surface area contributed by atoms with Gasteiger partial charge >= 0.3 is 0 Å². The lowest BCUT2D eigenvalue weighted by Crippen LogP contribution is -2.28. The number of benzene rings is 2. The number of Topliss-reactive ketones (excluding diaryl/α,β-unsaturated/α-hetero) is 1. The molecule has 0 aliphatic carbocycles. The molecule has 28 heavy (non-hydrogen) atoms. The molecule has 1 aromatic heterocycles. The van der Waals surface area contributed by atoms with Crippen molar-refractivity contribution in [2.45, 2.75) is 33.1 Å². The predicted molar refractivity (Wildman–Crippen MR) is 110 cm³/mol. The third-order valence-electron chi connectivity index (χ3n) is 5.22. The summed E-state index contributed by atoms with van der Waals surface area (Å²) in [5.74, 6) is -0.273. The van der Waals surface area contributed by atoms with Gasteiger partial charge in [0.15, 0.2) is 5.78 Å². The lowest BCUT2D eigenvalue weighted by molar-refractivity contribution is -0.116. The first-order valence-corrected chi connectivity index (χ1v) is 9.50. The Balaban J connectivity index is 1.84. The van der Waals surface area contributed by atoms with E-state index in [9.17, 15) is 9.59 Å². The first-order chi connectivity index (χ1) is 13.4. The molecule has 1 amide bonds. The normalized spacial score (nSPS) is 15.9. The number of hydrogen-bond acceptors (Lipinski definition) is 3. The van der Waals surface area contributed by atoms with E-state index in [4.69, 9.17) is 11.6 Å². The number of rotatable bonds is 3. The van der Waals surface area contributed by atoms with Crippen molar-refractivity contribution in [2.75, 3.05) is 5.32 Å². The van der Waals surface area contributed by atoms with Crippen LogP contribution in [0.5, 0.6) is 0 Å². The predicted octanol–water partition coefficient (Wildman–Crippen LogP) is 4.76. The highest BCUT2D eigenvalue weighted by molar-refractivity contribution is 6.31. The van der Waals surface area contributed by atoms with Crippen molar-refractivity contribution in [1.82, 2.24) is 9.78 Å². The van der Waals surface area contributed by atoms with E-state index in [1.165, 1.54) is 0 Å². The minimum atomic E-state index is -0.556. The van der Waals surface area contributed by atoms with Crippen LogP contribution in [0.1, 0.15) is 45.1 Å². The molecule has 1 aliphatic rings. The summed E-state index contributed by atoms with van der Waals surface area (Å²) in [6.07, 6.45) is 0.112. The van der Waals surface area contributed by atoms with Crippen molar-refractivity contribution < 1.29 is 9.59 Å². The van der Waals surface area contributed by atoms with E-state index in [0.717, 1.165) is 28.1 Å². The van der Waals surface area contributed by atoms with Crippen molar-refractivity contribution in [1.29, 1.82) is 0 Å². The first-order valence-electron chi connectivity index (χ1n) is 9.12. The number of carbonyl (C=O) groups is 2. The summed E-state index contributed by atoms with van der Waals surface area (Å²) < 4.78 is 1.68. The Morgan fingerprint density at radius 1 is 1.14 bits per heavy atom. The van der Waals surface area contributed by atoms with Crippen LogP contribution in [0.2, 0.25) is 5.02 Å². The fourth-order valence-electron chi connectivity index (χ4n) is 3.69. The summed E-state index contributed by atoms with van der Waals surface area (Å²) in [6.45, 7) is 5.74. The van der Waals surface area contributed by atoms with Gasteiger partial charge in [0.05, 0.1) is 17.3 Å². The number of aromatic nitrogens is 2. The van der Waals surface area contributed by atoms with Crippen molar-refractivity contribution in [3.05, 3.63) is 75.4 Å². The van der Waals surface area contributed by atoms with Gasteiger partial charge in [-0.25, -0.2) is 4.68 Å². The van der Waals surface area contributed by atoms with E-state index in [-0.39, 0.29) is 18.1 Å². The number of anilines is 1. The first kappa shape index (κ1) is 18.4. The molecular weight excluding hydrogens is 374 g/mol. The Hall–Kier alpha value is -2.92. The standard InChI is InChI=1S/C22H20ClN3O2/c1-12-7-9-15(10-8-12)21(28)16-11-19(27)24-22-20(16)14(3)25-26(22)18-6-4-5-17(23)13(18)2/h4-10,16H,11H2,1-3H3,(H,24,27)/t16-/m0/s1. The summed E-state index contributed by atoms with van der Waals surface area (Å²) >= 11 is 6.27. The summed E-state index contributed by atoms with van der Waals surface area (Å²) in [6, 6.07) is 13.0. The molecule has 0 unspecified atom stereocenters. The molecule has 0 radical (unpaired) electrons. The zero-order chi connectivity index (χ0) is 20.0. The van der Waals surface area contributed by atoms with Gasteiger partial charge in [-0.15, -0.1) is 0 Å². The Kier molecular flexibility index (Phi) is 4.55. The van der Waals surface area contributed by atoms with Crippen LogP contribution in [-0.4, -0.2) is 21.5 Å². The molecule has 0 bridgehead atoms. The Morgan fingerprint density at radius 3 is 2.57 bits per heavy atom. The van der Waals surface area contributed by atoms with Crippen molar-refractivity contribution in [2.24, 2.45) is 0 Å². The third-order valence-corrected chi connectivity index (χ3v) is 5.63. The molecule has 0 saturated heterocycles. The lowest BCUT2D eigenvalue weighted by atomic mass is 9.85. The molecule has 2 heterocycles. The summed E-state index contributed by atoms with van der Waals surface area (Å²) in [5, 5.41) is 8.16. The topological polar surface area (TPSA) is 64.0 Å². The third kappa shape index (κ3) is 3.02. The van der Waals surface area contributed by atoms with Gasteiger partial charge in [-0.1, -0.05) is 47.5 Å². The number of ketones is 1. The fourth-order valence-corrected chi connectivity index (χ4v) is 3.86. The van der Waals surface area contributed by atoms with E-state index >= 15 is 0 Å². The average Bonchev–Trinajstić information content (AvgIpc) is 2.99. The monoisotopic (exact) mass is 393 g/mol. The molecule has 3 aromatic rings. The highest BCUT2D eigenvalue weighted by Gasteiger charge is 2.36. The van der Waals surface area contributed by atoms with E-state index in [1.807, 2.05) is 63.2 Å². The zero-order valence-electron chi connectivity index (χ0n) is 15.9. The summed E-state index contributed by atoms with van der Waals surface area (Å²) in [4.78, 5) is 25.6. The Bertz CT molecular complexity index is 1100. The number of fused-ring (bicyclic) bond motifs is 1. The van der Waals surface area contributed by atoms with Gasteiger partial charge in [-0.2, -0.15) is 5.10 Å². The molecule has 4 rings (SSSR count). The SMILES string of the molecule is Cc1ccc(C(=O)[C@H]2CC(=O)Nc3c2c(C)nn3-c2cccc(Cl)c2C)cc1. The number of amides is 1. The van der Waals surface area contributed by atoms with E-state index < -0.39 is 5.92 Å². The van der Waals surface area contributed by atoms with Crippen LogP contribution in [0.15, 0.2) is 42.5 Å². The lowest BCUT2D eigenvalue weighted by Gasteiger charge is -2.23. The van der Waals surface area contributed by atoms with Crippen LogP contribution in [0.3, 0.4) is 0 Å². The van der Waals surface area contributed by atoms with Crippen LogP contribution < -0.4 is 5.32 Å². The van der Waals surface area contributed by atoms with Gasteiger partial charge in [0.25, 0.3) is 0 Å². The average molecular weight is 394 g/mol. The quantitative estimate of drug-likeness (QED) is 0.652. The maximum Gasteiger partial charge on any atom is 0.226 e. The number of nitrogens with zero attached hydrogens (tertiary/aromatic N) is 2. The van der Waals surface area contributed by atoms with Crippen molar-refractivity contribution in [3.63, 3.8) is 0 Å². The highest BCUT2D eigenvalue weighted by atomic mass is 35.5. The molecule has 1 atom stereocenters. The molecule has 6 heteroatoms. The number of halogens is 1. The number of nitrogens with one attached hydrogen (secondary N) is 1. The summed E-state index contributed by atoms with van der Waals surface area (Å²) in [5.41, 5.74) is 4.81. The molecule has 1 N–H and O–H groups in total. The van der Waals surface area contributed by atoms with Gasteiger partial charge in [0.2, 0.25) is 5.91 Å². The van der Waals surface area contributed by atoms with Crippen LogP contribution in [0.4, 0.5) is 5.82 Å². The van der Waals surface area contributed by atoms with E-state index in [0.29, 0.717) is 16.4 Å². The van der Waals surface area contributed by atoms with Gasteiger partial charge in [0, 0.05) is 22.6 Å². The van der Waals surface area contributed by atoms with Crippen molar-refractivity contribution >= 4 is 29.1 Å². The molecule has 1 aliphatic heterocycles. The minimum absolute atomic E-state index is 0.0680. The van der Waals surface area contributed by atoms with Gasteiger partial charge in [-0.05, 0) is 38.5 Å². The molecule has 5 nitrogen and oxygen atoms in total. The molecule has 0 spiro atoms. The van der Waals surface area contributed by atoms with Crippen LogP contribution in [-0.2, 0) is 4.79 Å². The van der Waals surface area contributed by atoms with Gasteiger partial charge in [-0.3, -0.25) is 9.59 Å². The summed E-state index contributed by atoms with van der Waals surface area (Å²) in [7, 11) is 0. The molecule has 0 saturated carbocycles. The zero-order valence-corrected chi connectivity index (χ0v) is 16.7. The second-order valence-electron chi connectivity index (χ2n) is 7.18. The second-order valence-corrected chi connectivity index (χ2v) is 7.59. The molecule has 0 fully saturated rings. The maximum absolute atomic E-state index is 13.2. The van der Waals surface area contributed by atoms with Crippen LogP contribution in [0.25, 0.3) is 5.69 Å². The number of carbonyl (C=O) groups excluding carboxylic acids is 2. The smallest absolute Gasteiger partial charge is 0.226 e. The second kappa shape index (κ2) is 6.91. The highest BCUT2D eigenvalue weighted by Crippen LogP contribution is 2.39. The number of hydrogen-bond donors (Lipinski definition) is 1. The number of aryl methyl sites for hydroxylation is 2. The van der Waals surface area contributed by atoms with Crippen LogP contribution >= 0.6 is 11.6 Å². The van der Waals surface area contributed by atoms with Crippen LogP contribution in [0, 0.1) is 20.8 Å². The molecular formula is C22H20ClN3O2.